The van der Waals surface area contributed by atoms with Gasteiger partial charge in [-0.2, -0.15) is 0 Å². The fourth-order valence-electron chi connectivity index (χ4n) is 1.74. The zero-order valence-electron chi connectivity index (χ0n) is 13.3. The Bertz CT molecular complexity index is 388. The first kappa shape index (κ1) is 18.5. The minimum atomic E-state index is -0.989. The summed E-state index contributed by atoms with van der Waals surface area (Å²) in [6.45, 7) is 7.77. The van der Waals surface area contributed by atoms with E-state index in [0.29, 0.717) is 5.60 Å². The Balaban J connectivity index is 2.70. The van der Waals surface area contributed by atoms with E-state index in [1.54, 1.807) is 13.8 Å². The fourth-order valence-corrected chi connectivity index (χ4v) is 1.85. The lowest BCUT2D eigenvalue weighted by atomic mass is 9.84. The van der Waals surface area contributed by atoms with Crippen LogP contribution in [0.4, 0.5) is 0 Å². The summed E-state index contributed by atoms with van der Waals surface area (Å²) in [6.07, 6.45) is 4.05. The molecule has 0 radical (unpaired) electrons. The van der Waals surface area contributed by atoms with Gasteiger partial charge < -0.3 is 25.2 Å². The van der Waals surface area contributed by atoms with Gasteiger partial charge in [-0.05, 0) is 47.0 Å². The molecule has 0 saturated carbocycles. The van der Waals surface area contributed by atoms with Crippen molar-refractivity contribution in [3.05, 3.63) is 10.6 Å². The van der Waals surface area contributed by atoms with Crippen molar-refractivity contribution < 1.29 is 14.5 Å². The Kier molecular flexibility index (Phi) is 6.72. The highest BCUT2D eigenvalue weighted by molar-refractivity contribution is 6.48. The largest absolute Gasteiger partial charge is 0.425 e. The highest BCUT2D eigenvalue weighted by Gasteiger charge is 2.36. The topological polar surface area (TPSA) is 74.6 Å². The molecule has 1 fully saturated rings. The fraction of sp³-hybridized carbons (Fsp3) is 0.786. The number of aliphatic hydroxyl groups is 1. The zero-order valence-corrected chi connectivity index (χ0v) is 14.1. The second kappa shape index (κ2) is 7.63. The third kappa shape index (κ3) is 5.62. The first-order chi connectivity index (χ1) is 9.67. The van der Waals surface area contributed by atoms with Gasteiger partial charge in [-0.25, -0.2) is 0 Å². The molecule has 1 atom stereocenters. The Morgan fingerprint density at radius 1 is 1.43 bits per heavy atom. The summed E-state index contributed by atoms with van der Waals surface area (Å²) in [6, 6.07) is 0. The van der Waals surface area contributed by atoms with Gasteiger partial charge in [0.05, 0.1) is 16.2 Å². The van der Waals surface area contributed by atoms with E-state index in [0.717, 1.165) is 32.1 Å². The Hall–Kier alpha value is -0.555. The first-order valence-electron chi connectivity index (χ1n) is 7.31. The molecule has 0 spiro atoms. The molecule has 0 aliphatic carbocycles. The number of rotatable bonds is 7. The molecule has 5 nitrogen and oxygen atoms in total. The zero-order chi connectivity index (χ0) is 16.1. The predicted molar refractivity (Wildman–Crippen MR) is 87.0 cm³/mol. The van der Waals surface area contributed by atoms with Crippen molar-refractivity contribution in [2.75, 3.05) is 6.61 Å². The summed E-state index contributed by atoms with van der Waals surface area (Å²) >= 11 is 6.07. The van der Waals surface area contributed by atoms with E-state index < -0.39 is 11.2 Å². The van der Waals surface area contributed by atoms with E-state index in [1.807, 2.05) is 13.8 Å². The molecule has 120 valence electrons. The van der Waals surface area contributed by atoms with Crippen molar-refractivity contribution >= 4 is 25.3 Å². The monoisotopic (exact) mass is 316 g/mol. The van der Waals surface area contributed by atoms with Crippen LogP contribution in [0.2, 0.25) is 0 Å². The molecule has 0 aromatic rings. The van der Waals surface area contributed by atoms with E-state index in [4.69, 9.17) is 26.4 Å². The van der Waals surface area contributed by atoms with Crippen LogP contribution < -0.4 is 5.32 Å². The van der Waals surface area contributed by atoms with E-state index >= 15 is 0 Å². The van der Waals surface area contributed by atoms with Crippen LogP contribution in [0.3, 0.4) is 0 Å². The van der Waals surface area contributed by atoms with Crippen molar-refractivity contribution in [2.24, 2.45) is 0 Å². The third-order valence-corrected chi connectivity index (χ3v) is 4.32. The lowest BCUT2D eigenvalue weighted by Crippen LogP contribution is -2.49. The maximum Gasteiger partial charge on any atom is 0.327 e. The van der Waals surface area contributed by atoms with Crippen molar-refractivity contribution in [1.82, 2.24) is 5.32 Å². The van der Waals surface area contributed by atoms with Gasteiger partial charge in [0, 0.05) is 18.4 Å². The molecule has 1 aliphatic heterocycles. The molecule has 21 heavy (non-hydrogen) atoms. The van der Waals surface area contributed by atoms with Crippen molar-refractivity contribution in [3.63, 3.8) is 0 Å². The Labute approximate surface area is 132 Å². The molecule has 1 unspecified atom stereocenters. The van der Waals surface area contributed by atoms with Gasteiger partial charge in [0.1, 0.15) is 6.23 Å². The molecule has 3 N–H and O–H groups in total. The molecule has 7 heteroatoms. The second-order valence-corrected chi connectivity index (χ2v) is 6.74. The lowest BCUT2D eigenvalue weighted by molar-refractivity contribution is -0.0900. The SMILES string of the molecule is CC(C)(O)C(C)(C)OB/C(NC1CCCCO1)=C(\Cl)C=N. The Morgan fingerprint density at radius 3 is 2.57 bits per heavy atom. The quantitative estimate of drug-likeness (QED) is 0.496. The highest BCUT2D eigenvalue weighted by Crippen LogP contribution is 2.25. The third-order valence-electron chi connectivity index (χ3n) is 3.98. The molecule has 0 aromatic heterocycles. The smallest absolute Gasteiger partial charge is 0.327 e. The average molecular weight is 317 g/mol. The van der Waals surface area contributed by atoms with Crippen molar-refractivity contribution in [1.29, 1.82) is 5.41 Å². The summed E-state index contributed by atoms with van der Waals surface area (Å²) < 4.78 is 11.4. The van der Waals surface area contributed by atoms with Crippen molar-refractivity contribution in [2.45, 2.75) is 64.4 Å². The van der Waals surface area contributed by atoms with Crippen LogP contribution in [0.15, 0.2) is 10.6 Å². The normalized spacial score (nSPS) is 21.5. The summed E-state index contributed by atoms with van der Waals surface area (Å²) in [5, 5.41) is 20.9. The standard InChI is InChI=1S/C14H26BClN2O3/c1-13(2,19)14(3,4)21-15-12(10(16)9-17)18-11-7-5-6-8-20-11/h9,11,15,17-19H,5-8H2,1-4H3/b12-10+,17-9?. The van der Waals surface area contributed by atoms with Crippen LogP contribution >= 0.6 is 11.6 Å². The number of nitrogens with one attached hydrogen (secondary N) is 2. The highest BCUT2D eigenvalue weighted by atomic mass is 35.5. The van der Waals surface area contributed by atoms with Crippen LogP contribution in [0, 0.1) is 5.41 Å². The molecule has 1 rings (SSSR count). The van der Waals surface area contributed by atoms with Gasteiger partial charge in [-0.1, -0.05) is 11.6 Å². The number of ether oxygens (including phenoxy) is 1. The van der Waals surface area contributed by atoms with Gasteiger partial charge in [0.25, 0.3) is 0 Å². The summed E-state index contributed by atoms with van der Waals surface area (Å²) in [4.78, 5) is 0. The van der Waals surface area contributed by atoms with Crippen molar-refractivity contribution in [3.8, 4) is 0 Å². The predicted octanol–water partition coefficient (Wildman–Crippen LogP) is 2.08. The number of hydrogen-bond acceptors (Lipinski definition) is 5. The summed E-state index contributed by atoms with van der Waals surface area (Å²) in [5.74, 6) is 0. The molecule has 0 amide bonds. The van der Waals surface area contributed by atoms with E-state index in [-0.39, 0.29) is 18.7 Å². The van der Waals surface area contributed by atoms with E-state index in [9.17, 15) is 5.11 Å². The summed E-state index contributed by atoms with van der Waals surface area (Å²) in [7, 11) is 0.186. The van der Waals surface area contributed by atoms with Crippen LogP contribution in [-0.2, 0) is 9.39 Å². The summed E-state index contributed by atoms with van der Waals surface area (Å²) in [5.41, 5.74) is -1.13. The average Bonchev–Trinajstić information content (AvgIpc) is 2.42. The van der Waals surface area contributed by atoms with Gasteiger partial charge in [0.15, 0.2) is 0 Å². The molecular formula is C14H26BClN2O3. The minimum Gasteiger partial charge on any atom is -0.425 e. The van der Waals surface area contributed by atoms with Gasteiger partial charge in [0.2, 0.25) is 0 Å². The van der Waals surface area contributed by atoms with E-state index in [2.05, 4.69) is 5.32 Å². The molecule has 1 heterocycles. The minimum absolute atomic E-state index is 0.101. The van der Waals surface area contributed by atoms with E-state index in [1.165, 1.54) is 0 Å². The molecule has 1 saturated heterocycles. The number of halogens is 1. The molecule has 0 bridgehead atoms. The molecule has 1 aliphatic rings. The van der Waals surface area contributed by atoms with Crippen LogP contribution in [0.5, 0.6) is 0 Å². The van der Waals surface area contributed by atoms with Crippen LogP contribution in [0.1, 0.15) is 47.0 Å². The molecule has 0 aromatic carbocycles. The number of hydrogen-bond donors (Lipinski definition) is 3. The van der Waals surface area contributed by atoms with Gasteiger partial charge >= 0.3 is 7.48 Å². The molecular weight excluding hydrogens is 290 g/mol. The maximum atomic E-state index is 10.1. The van der Waals surface area contributed by atoms with Crippen LogP contribution in [-0.4, -0.2) is 42.8 Å². The van der Waals surface area contributed by atoms with Gasteiger partial charge in [-0.15, -0.1) is 0 Å². The lowest BCUT2D eigenvalue weighted by Gasteiger charge is -2.38. The van der Waals surface area contributed by atoms with Gasteiger partial charge in [-0.3, -0.25) is 0 Å². The van der Waals surface area contributed by atoms with Crippen LogP contribution in [0.25, 0.3) is 0 Å². The maximum absolute atomic E-state index is 10.1. The Morgan fingerprint density at radius 2 is 2.10 bits per heavy atom. The number of allylic oxidation sites excluding steroid dienone is 1. The first-order valence-corrected chi connectivity index (χ1v) is 7.69. The second-order valence-electron chi connectivity index (χ2n) is 6.33.